The number of nitrogens with zero attached hydrogens (tertiary/aromatic N) is 1. The van der Waals surface area contributed by atoms with E-state index in [2.05, 4.69) is 33.9 Å². The standard InChI is InChI=1S/C18H37NO4Si/c1-15(20)14-19-12-9-11-18(19,23-24(5)6)16(21)22-13-8-7-10-17(2,3)4/h15,20,24H,7-14H2,1-6H3. The van der Waals surface area contributed by atoms with Gasteiger partial charge in [-0.25, -0.2) is 4.79 Å². The van der Waals surface area contributed by atoms with Crippen LogP contribution in [-0.2, 0) is 14.0 Å². The topological polar surface area (TPSA) is 59.0 Å². The first-order valence-electron chi connectivity index (χ1n) is 9.35. The summed E-state index contributed by atoms with van der Waals surface area (Å²) in [5.41, 5.74) is -0.654. The van der Waals surface area contributed by atoms with Crippen LogP contribution in [0.4, 0.5) is 0 Å². The minimum Gasteiger partial charge on any atom is -0.463 e. The lowest BCUT2D eigenvalue weighted by molar-refractivity contribution is -0.180. The molecule has 0 saturated carbocycles. The lowest BCUT2D eigenvalue weighted by Gasteiger charge is -2.38. The first kappa shape index (κ1) is 21.6. The molecule has 1 saturated heterocycles. The fourth-order valence-electron chi connectivity index (χ4n) is 3.24. The smallest absolute Gasteiger partial charge is 0.353 e. The van der Waals surface area contributed by atoms with Crippen LogP contribution in [0, 0.1) is 5.41 Å². The third-order valence-corrected chi connectivity index (χ3v) is 5.10. The van der Waals surface area contributed by atoms with Crippen molar-refractivity contribution >= 4 is 15.0 Å². The SMILES string of the molecule is CC(O)CN1CCCC1(O[SiH](C)C)C(=O)OCCCCC(C)(C)C. The number of aliphatic hydroxyl groups excluding tert-OH is 1. The van der Waals surface area contributed by atoms with Gasteiger partial charge in [0, 0.05) is 19.5 Å². The van der Waals surface area contributed by atoms with Crippen molar-refractivity contribution in [3.8, 4) is 0 Å². The number of β-amino-alcohol motifs (C(OH)–C–C–N with tert-alkyl or cyclic N) is 1. The second-order valence-corrected chi connectivity index (χ2v) is 10.8. The fourth-order valence-corrected chi connectivity index (χ4v) is 4.39. The number of carbonyl (C=O) groups is 1. The molecular formula is C18H37NO4Si. The van der Waals surface area contributed by atoms with Crippen LogP contribution in [-0.4, -0.2) is 56.5 Å². The van der Waals surface area contributed by atoms with Gasteiger partial charge in [0.25, 0.3) is 0 Å². The number of esters is 1. The van der Waals surface area contributed by atoms with E-state index in [1.54, 1.807) is 6.92 Å². The molecule has 24 heavy (non-hydrogen) atoms. The molecule has 0 bridgehead atoms. The van der Waals surface area contributed by atoms with Crippen molar-refractivity contribution in [2.24, 2.45) is 5.41 Å². The monoisotopic (exact) mass is 359 g/mol. The summed E-state index contributed by atoms with van der Waals surface area (Å²) in [7, 11) is -1.42. The molecule has 0 aromatic heterocycles. The Morgan fingerprint density at radius 1 is 1.33 bits per heavy atom. The summed E-state index contributed by atoms with van der Waals surface area (Å²) in [6.07, 6.45) is 4.13. The van der Waals surface area contributed by atoms with Gasteiger partial charge in [-0.2, -0.15) is 0 Å². The highest BCUT2D eigenvalue weighted by Gasteiger charge is 2.50. The third kappa shape index (κ3) is 6.82. The van der Waals surface area contributed by atoms with E-state index in [0.29, 0.717) is 25.0 Å². The molecule has 1 aliphatic heterocycles. The Hall–Kier alpha value is -0.433. The minimum absolute atomic E-state index is 0.266. The molecule has 1 fully saturated rings. The summed E-state index contributed by atoms with van der Waals surface area (Å²) in [6.45, 7) is 14.2. The van der Waals surface area contributed by atoms with E-state index in [1.807, 2.05) is 4.90 Å². The van der Waals surface area contributed by atoms with E-state index < -0.39 is 20.9 Å². The maximum atomic E-state index is 12.8. The summed E-state index contributed by atoms with van der Waals surface area (Å²) < 4.78 is 11.8. The number of hydrogen-bond acceptors (Lipinski definition) is 5. The Labute approximate surface area is 149 Å². The number of hydrogen-bond donors (Lipinski definition) is 1. The van der Waals surface area contributed by atoms with Gasteiger partial charge in [0.1, 0.15) is 0 Å². The number of aliphatic hydroxyl groups is 1. The van der Waals surface area contributed by atoms with Crippen LogP contribution in [0.5, 0.6) is 0 Å². The Kier molecular flexibility index (Phi) is 8.39. The van der Waals surface area contributed by atoms with Gasteiger partial charge in [0.2, 0.25) is 5.72 Å². The molecular weight excluding hydrogens is 322 g/mol. The second kappa shape index (κ2) is 9.32. The Morgan fingerprint density at radius 3 is 2.54 bits per heavy atom. The summed E-state index contributed by atoms with van der Waals surface area (Å²) >= 11 is 0. The number of likely N-dealkylation sites (tertiary alicyclic amines) is 1. The largest absolute Gasteiger partial charge is 0.463 e. The normalized spacial score (nSPS) is 23.7. The molecule has 142 valence electrons. The molecule has 0 aliphatic carbocycles. The molecule has 6 heteroatoms. The van der Waals surface area contributed by atoms with Crippen molar-refractivity contribution in [1.82, 2.24) is 4.90 Å². The number of ether oxygens (including phenoxy) is 1. The van der Waals surface area contributed by atoms with Crippen LogP contribution in [0.1, 0.15) is 59.8 Å². The predicted octanol–water partition coefficient (Wildman–Crippen LogP) is 2.92. The molecule has 2 atom stereocenters. The molecule has 1 aliphatic rings. The maximum Gasteiger partial charge on any atom is 0.353 e. The molecule has 5 nitrogen and oxygen atoms in total. The molecule has 0 radical (unpaired) electrons. The predicted molar refractivity (Wildman–Crippen MR) is 99.4 cm³/mol. The first-order chi connectivity index (χ1) is 11.1. The van der Waals surface area contributed by atoms with E-state index in [0.717, 1.165) is 32.2 Å². The van der Waals surface area contributed by atoms with Crippen LogP contribution in [0.25, 0.3) is 0 Å². The highest BCUT2D eigenvalue weighted by atomic mass is 28.3. The average molecular weight is 360 g/mol. The van der Waals surface area contributed by atoms with E-state index >= 15 is 0 Å². The maximum absolute atomic E-state index is 12.8. The van der Waals surface area contributed by atoms with Gasteiger partial charge < -0.3 is 14.3 Å². The zero-order valence-corrected chi connectivity index (χ0v) is 17.6. The summed E-state index contributed by atoms with van der Waals surface area (Å²) in [6, 6.07) is 0. The van der Waals surface area contributed by atoms with Gasteiger partial charge >= 0.3 is 5.97 Å². The zero-order chi connectivity index (χ0) is 18.4. The quantitative estimate of drug-likeness (QED) is 0.390. The van der Waals surface area contributed by atoms with Crippen LogP contribution < -0.4 is 0 Å². The van der Waals surface area contributed by atoms with Gasteiger partial charge in [-0.15, -0.1) is 0 Å². The van der Waals surface area contributed by atoms with Crippen molar-refractivity contribution in [2.45, 2.75) is 84.7 Å². The van der Waals surface area contributed by atoms with Gasteiger partial charge in [-0.05, 0) is 51.1 Å². The lowest BCUT2D eigenvalue weighted by Crippen LogP contribution is -2.56. The summed E-state index contributed by atoms with van der Waals surface area (Å²) in [5.74, 6) is -0.266. The van der Waals surface area contributed by atoms with Crippen LogP contribution in [0.15, 0.2) is 0 Å². The Morgan fingerprint density at radius 2 is 2.00 bits per heavy atom. The molecule has 1 N–H and O–H groups in total. The van der Waals surface area contributed by atoms with E-state index in [9.17, 15) is 9.90 Å². The highest BCUT2D eigenvalue weighted by Crippen LogP contribution is 2.33. The van der Waals surface area contributed by atoms with E-state index in [1.165, 1.54) is 0 Å². The number of rotatable bonds is 9. The van der Waals surface area contributed by atoms with Crippen molar-refractivity contribution < 1.29 is 19.1 Å². The third-order valence-electron chi connectivity index (χ3n) is 4.24. The minimum atomic E-state index is -1.42. The van der Waals surface area contributed by atoms with Crippen molar-refractivity contribution in [3.05, 3.63) is 0 Å². The summed E-state index contributed by atoms with van der Waals surface area (Å²) in [4.78, 5) is 14.8. The van der Waals surface area contributed by atoms with E-state index in [-0.39, 0.29) is 5.97 Å². The van der Waals surface area contributed by atoms with Gasteiger partial charge in [-0.3, -0.25) is 4.90 Å². The first-order valence-corrected chi connectivity index (χ1v) is 12.1. The van der Waals surface area contributed by atoms with Crippen LogP contribution in [0.2, 0.25) is 13.1 Å². The van der Waals surface area contributed by atoms with Crippen molar-refractivity contribution in [3.63, 3.8) is 0 Å². The Bertz CT molecular complexity index is 395. The zero-order valence-electron chi connectivity index (χ0n) is 16.4. The molecule has 0 aromatic carbocycles. The van der Waals surface area contributed by atoms with Crippen molar-refractivity contribution in [2.75, 3.05) is 19.7 Å². The average Bonchev–Trinajstić information content (AvgIpc) is 2.79. The van der Waals surface area contributed by atoms with Gasteiger partial charge in [0.05, 0.1) is 12.7 Å². The lowest BCUT2D eigenvalue weighted by atomic mass is 9.90. The Balaban J connectivity index is 2.62. The number of carbonyl (C=O) groups excluding carboxylic acids is 1. The van der Waals surface area contributed by atoms with Crippen LogP contribution >= 0.6 is 0 Å². The molecule has 0 amide bonds. The molecule has 0 aromatic rings. The fraction of sp³-hybridized carbons (Fsp3) is 0.944. The van der Waals surface area contributed by atoms with Crippen LogP contribution in [0.3, 0.4) is 0 Å². The highest BCUT2D eigenvalue weighted by molar-refractivity contribution is 6.48. The van der Waals surface area contributed by atoms with Gasteiger partial charge in [-0.1, -0.05) is 20.8 Å². The molecule has 2 unspecified atom stereocenters. The second-order valence-electron chi connectivity index (χ2n) is 8.50. The van der Waals surface area contributed by atoms with Crippen molar-refractivity contribution in [1.29, 1.82) is 0 Å². The van der Waals surface area contributed by atoms with E-state index in [4.69, 9.17) is 9.16 Å². The molecule has 1 rings (SSSR count). The molecule has 0 spiro atoms. The number of unbranched alkanes of at least 4 members (excludes halogenated alkanes) is 1. The van der Waals surface area contributed by atoms with Gasteiger partial charge in [0.15, 0.2) is 9.04 Å². The summed E-state index contributed by atoms with van der Waals surface area (Å²) in [5, 5.41) is 9.75. The molecule has 1 heterocycles.